The maximum absolute atomic E-state index is 12.2. The van der Waals surface area contributed by atoms with Gasteiger partial charge in [0.25, 0.3) is 5.91 Å². The molecule has 0 fully saturated rings. The Morgan fingerprint density at radius 2 is 1.75 bits per heavy atom. The monoisotopic (exact) mass is 356 g/mol. The SMILES string of the molecule is CCCNC(=O)C(C)OC(=O)[C@H](C)NS(=O)(=O)c1ccc(C)cc1. The van der Waals surface area contributed by atoms with Crippen LogP contribution in [0.3, 0.4) is 0 Å². The molecule has 1 aromatic rings. The first-order valence-corrected chi connectivity index (χ1v) is 9.23. The summed E-state index contributed by atoms with van der Waals surface area (Å²) in [5.74, 6) is -1.23. The van der Waals surface area contributed by atoms with Gasteiger partial charge in [-0.05, 0) is 39.3 Å². The second-order valence-corrected chi connectivity index (χ2v) is 7.24. The van der Waals surface area contributed by atoms with E-state index in [0.29, 0.717) is 6.54 Å². The first-order chi connectivity index (χ1) is 11.2. The maximum atomic E-state index is 12.2. The number of hydrogen-bond acceptors (Lipinski definition) is 5. The van der Waals surface area contributed by atoms with Crippen molar-refractivity contribution in [3.63, 3.8) is 0 Å². The minimum Gasteiger partial charge on any atom is -0.451 e. The fourth-order valence-corrected chi connectivity index (χ4v) is 2.98. The van der Waals surface area contributed by atoms with Gasteiger partial charge in [-0.15, -0.1) is 0 Å². The van der Waals surface area contributed by atoms with Gasteiger partial charge in [-0.1, -0.05) is 24.6 Å². The Morgan fingerprint density at radius 1 is 1.17 bits per heavy atom. The quantitative estimate of drug-likeness (QED) is 0.680. The van der Waals surface area contributed by atoms with E-state index in [1.807, 2.05) is 13.8 Å². The molecule has 0 saturated carbocycles. The Balaban J connectivity index is 2.66. The summed E-state index contributed by atoms with van der Waals surface area (Å²) in [6, 6.07) is 5.13. The van der Waals surface area contributed by atoms with Gasteiger partial charge in [-0.3, -0.25) is 9.59 Å². The number of benzene rings is 1. The number of carbonyl (C=O) groups excluding carboxylic acids is 2. The van der Waals surface area contributed by atoms with Gasteiger partial charge < -0.3 is 10.1 Å². The van der Waals surface area contributed by atoms with Crippen molar-refractivity contribution in [1.29, 1.82) is 0 Å². The molecule has 1 aromatic carbocycles. The highest BCUT2D eigenvalue weighted by Crippen LogP contribution is 2.11. The number of esters is 1. The van der Waals surface area contributed by atoms with Crippen molar-refractivity contribution >= 4 is 21.9 Å². The van der Waals surface area contributed by atoms with Gasteiger partial charge in [0, 0.05) is 6.54 Å². The van der Waals surface area contributed by atoms with E-state index in [0.717, 1.165) is 12.0 Å². The average Bonchev–Trinajstić information content (AvgIpc) is 2.52. The Hall–Kier alpha value is -1.93. The lowest BCUT2D eigenvalue weighted by Gasteiger charge is -2.17. The van der Waals surface area contributed by atoms with Crippen molar-refractivity contribution < 1.29 is 22.7 Å². The molecule has 2 atom stereocenters. The zero-order valence-corrected chi connectivity index (χ0v) is 15.1. The molecule has 0 aliphatic heterocycles. The van der Waals surface area contributed by atoms with Crippen LogP contribution in [0.1, 0.15) is 32.8 Å². The number of amides is 1. The van der Waals surface area contributed by atoms with E-state index in [9.17, 15) is 18.0 Å². The molecule has 1 unspecified atom stereocenters. The molecule has 0 aromatic heterocycles. The summed E-state index contributed by atoms with van der Waals surface area (Å²) in [7, 11) is -3.84. The number of aryl methyl sites for hydroxylation is 1. The van der Waals surface area contributed by atoms with Crippen LogP contribution >= 0.6 is 0 Å². The van der Waals surface area contributed by atoms with Gasteiger partial charge in [0.2, 0.25) is 10.0 Å². The summed E-state index contributed by atoms with van der Waals surface area (Å²) in [4.78, 5) is 23.7. The molecule has 24 heavy (non-hydrogen) atoms. The molecule has 0 bridgehead atoms. The van der Waals surface area contributed by atoms with Crippen molar-refractivity contribution in [2.75, 3.05) is 6.54 Å². The average molecular weight is 356 g/mol. The molecular weight excluding hydrogens is 332 g/mol. The Bertz CT molecular complexity index is 670. The molecule has 8 heteroatoms. The topological polar surface area (TPSA) is 102 Å². The van der Waals surface area contributed by atoms with Gasteiger partial charge in [0.1, 0.15) is 6.04 Å². The van der Waals surface area contributed by atoms with E-state index >= 15 is 0 Å². The van der Waals surface area contributed by atoms with Crippen molar-refractivity contribution in [3.05, 3.63) is 29.8 Å². The first-order valence-electron chi connectivity index (χ1n) is 7.74. The molecule has 0 spiro atoms. The fourth-order valence-electron chi connectivity index (χ4n) is 1.79. The van der Waals surface area contributed by atoms with Gasteiger partial charge in [-0.2, -0.15) is 4.72 Å². The highest BCUT2D eigenvalue weighted by molar-refractivity contribution is 7.89. The van der Waals surface area contributed by atoms with Gasteiger partial charge in [0.15, 0.2) is 6.10 Å². The molecule has 1 rings (SSSR count). The lowest BCUT2D eigenvalue weighted by Crippen LogP contribution is -2.43. The van der Waals surface area contributed by atoms with Crippen LogP contribution in [0.4, 0.5) is 0 Å². The Morgan fingerprint density at radius 3 is 2.29 bits per heavy atom. The third-order valence-corrected chi connectivity index (χ3v) is 4.78. The zero-order valence-electron chi connectivity index (χ0n) is 14.3. The second kappa shape index (κ2) is 8.79. The number of rotatable bonds is 8. The van der Waals surface area contributed by atoms with E-state index in [4.69, 9.17) is 4.74 Å². The third kappa shape index (κ3) is 5.93. The summed E-state index contributed by atoms with van der Waals surface area (Å²) in [5.41, 5.74) is 0.924. The van der Waals surface area contributed by atoms with Crippen LogP contribution in [0.25, 0.3) is 0 Å². The van der Waals surface area contributed by atoms with E-state index in [2.05, 4.69) is 10.0 Å². The minimum absolute atomic E-state index is 0.0569. The van der Waals surface area contributed by atoms with E-state index < -0.39 is 34.0 Å². The minimum atomic E-state index is -3.84. The zero-order chi connectivity index (χ0) is 18.3. The smallest absolute Gasteiger partial charge is 0.324 e. The van der Waals surface area contributed by atoms with E-state index in [-0.39, 0.29) is 4.90 Å². The highest BCUT2D eigenvalue weighted by Gasteiger charge is 2.26. The molecule has 134 valence electrons. The molecule has 0 heterocycles. The van der Waals surface area contributed by atoms with E-state index in [1.54, 1.807) is 12.1 Å². The Kier molecular flexibility index (Phi) is 7.37. The normalized spacial score (nSPS) is 13.8. The predicted molar refractivity (Wildman–Crippen MR) is 89.8 cm³/mol. The van der Waals surface area contributed by atoms with Crippen LogP contribution < -0.4 is 10.0 Å². The summed E-state index contributed by atoms with van der Waals surface area (Å²) < 4.78 is 31.7. The van der Waals surface area contributed by atoms with Gasteiger partial charge in [-0.25, -0.2) is 8.42 Å². The second-order valence-electron chi connectivity index (χ2n) is 5.53. The van der Waals surface area contributed by atoms with Crippen LogP contribution in [0.15, 0.2) is 29.2 Å². The summed E-state index contributed by atoms with van der Waals surface area (Å²) in [6.45, 7) is 7.03. The lowest BCUT2D eigenvalue weighted by molar-refractivity contribution is -0.156. The standard InChI is InChI=1S/C16H24N2O5S/c1-5-10-17-15(19)13(4)23-16(20)12(3)18-24(21,22)14-8-6-11(2)7-9-14/h6-9,12-13,18H,5,10H2,1-4H3,(H,17,19)/t12-,13?/m0/s1. The fraction of sp³-hybridized carbons (Fsp3) is 0.500. The molecule has 0 radical (unpaired) electrons. The lowest BCUT2D eigenvalue weighted by atomic mass is 10.2. The number of ether oxygens (including phenoxy) is 1. The molecule has 0 aliphatic rings. The highest BCUT2D eigenvalue weighted by atomic mass is 32.2. The molecule has 0 aliphatic carbocycles. The molecular formula is C16H24N2O5S. The molecule has 1 amide bonds. The first kappa shape index (κ1) is 20.1. The van der Waals surface area contributed by atoms with Crippen LogP contribution in [-0.4, -0.2) is 39.0 Å². The largest absolute Gasteiger partial charge is 0.451 e. The van der Waals surface area contributed by atoms with Crippen LogP contribution in [0.2, 0.25) is 0 Å². The van der Waals surface area contributed by atoms with Crippen LogP contribution in [-0.2, 0) is 24.3 Å². The van der Waals surface area contributed by atoms with Crippen molar-refractivity contribution in [2.45, 2.75) is 51.2 Å². The molecule has 7 nitrogen and oxygen atoms in total. The summed E-state index contributed by atoms with van der Waals surface area (Å²) in [6.07, 6.45) is -0.227. The third-order valence-electron chi connectivity index (χ3n) is 3.23. The summed E-state index contributed by atoms with van der Waals surface area (Å²) in [5, 5.41) is 2.60. The molecule has 0 saturated heterocycles. The Labute approximate surface area is 142 Å². The summed E-state index contributed by atoms with van der Waals surface area (Å²) >= 11 is 0. The maximum Gasteiger partial charge on any atom is 0.324 e. The number of hydrogen-bond donors (Lipinski definition) is 2. The van der Waals surface area contributed by atoms with E-state index in [1.165, 1.54) is 26.0 Å². The van der Waals surface area contributed by atoms with Crippen molar-refractivity contribution in [2.24, 2.45) is 0 Å². The predicted octanol–water partition coefficient (Wildman–Crippen LogP) is 1.12. The number of sulfonamides is 1. The van der Waals surface area contributed by atoms with Crippen LogP contribution in [0, 0.1) is 6.92 Å². The van der Waals surface area contributed by atoms with Crippen molar-refractivity contribution in [1.82, 2.24) is 10.0 Å². The van der Waals surface area contributed by atoms with Crippen molar-refractivity contribution in [3.8, 4) is 0 Å². The molecule has 2 N–H and O–H groups in total. The van der Waals surface area contributed by atoms with Crippen LogP contribution in [0.5, 0.6) is 0 Å². The van der Waals surface area contributed by atoms with Gasteiger partial charge >= 0.3 is 5.97 Å². The number of nitrogens with one attached hydrogen (secondary N) is 2. The number of carbonyl (C=O) groups is 2. The van der Waals surface area contributed by atoms with Gasteiger partial charge in [0.05, 0.1) is 4.90 Å².